The Morgan fingerprint density at radius 1 is 0.950 bits per heavy atom. The molecule has 0 amide bonds. The number of sulfonamides is 1. The minimum absolute atomic E-state index is 0.208. The fourth-order valence-electron chi connectivity index (χ4n) is 1.60. The molecule has 0 bridgehead atoms. The first-order chi connectivity index (χ1) is 9.29. The lowest BCUT2D eigenvalue weighted by atomic mass is 10.2. The molecule has 0 unspecified atom stereocenters. The van der Waals surface area contributed by atoms with Gasteiger partial charge in [-0.3, -0.25) is 4.72 Å². The molecular weight excluding hydrogens is 474 g/mol. The summed E-state index contributed by atoms with van der Waals surface area (Å²) in [6.07, 6.45) is 0. The van der Waals surface area contributed by atoms with Gasteiger partial charge in [-0.2, -0.15) is 0 Å². The van der Waals surface area contributed by atoms with Crippen molar-refractivity contribution in [2.45, 2.75) is 11.8 Å². The molecule has 0 spiro atoms. The Kier molecular flexibility index (Phi) is 4.94. The van der Waals surface area contributed by atoms with Crippen molar-refractivity contribution >= 4 is 63.5 Å². The Balaban J connectivity index is 2.41. The molecule has 2 rings (SSSR count). The first kappa shape index (κ1) is 16.0. The summed E-state index contributed by atoms with van der Waals surface area (Å²) < 4.78 is 29.4. The molecule has 2 aromatic rings. The van der Waals surface area contributed by atoms with Crippen LogP contribution in [-0.4, -0.2) is 8.42 Å². The number of hydrogen-bond donors (Lipinski definition) is 1. The van der Waals surface area contributed by atoms with Crippen LogP contribution < -0.4 is 4.72 Å². The molecule has 0 heterocycles. The molecule has 0 saturated heterocycles. The molecule has 0 aliphatic heterocycles. The van der Waals surface area contributed by atoms with Gasteiger partial charge in [0.2, 0.25) is 0 Å². The molecule has 20 heavy (non-hydrogen) atoms. The number of hydrogen-bond acceptors (Lipinski definition) is 2. The minimum atomic E-state index is -3.62. The van der Waals surface area contributed by atoms with E-state index in [1.807, 2.05) is 19.1 Å². The third-order valence-electron chi connectivity index (χ3n) is 2.55. The number of nitrogens with one attached hydrogen (secondary N) is 1. The van der Waals surface area contributed by atoms with Gasteiger partial charge < -0.3 is 0 Å². The number of aryl methyl sites for hydroxylation is 1. The lowest BCUT2D eigenvalue weighted by molar-refractivity contribution is 0.601. The smallest absolute Gasteiger partial charge is 0.261 e. The van der Waals surface area contributed by atoms with Crippen LogP contribution in [0.25, 0.3) is 0 Å². The van der Waals surface area contributed by atoms with Gasteiger partial charge in [-0.05, 0) is 80.7 Å². The van der Waals surface area contributed by atoms with Crippen molar-refractivity contribution in [3.63, 3.8) is 0 Å². The van der Waals surface area contributed by atoms with Crippen molar-refractivity contribution in [1.82, 2.24) is 0 Å². The maximum Gasteiger partial charge on any atom is 0.261 e. The van der Waals surface area contributed by atoms with E-state index in [1.54, 1.807) is 24.3 Å². The minimum Gasteiger partial charge on any atom is -0.277 e. The van der Waals surface area contributed by atoms with E-state index in [2.05, 4.69) is 52.5 Å². The molecule has 1 N–H and O–H groups in total. The van der Waals surface area contributed by atoms with Gasteiger partial charge in [-0.1, -0.05) is 15.9 Å². The van der Waals surface area contributed by atoms with Crippen LogP contribution in [0.2, 0.25) is 0 Å². The Morgan fingerprint density at radius 3 is 1.95 bits per heavy atom. The van der Waals surface area contributed by atoms with Crippen molar-refractivity contribution in [1.29, 1.82) is 0 Å². The van der Waals surface area contributed by atoms with E-state index < -0.39 is 10.0 Å². The van der Waals surface area contributed by atoms with Crippen LogP contribution in [0.15, 0.2) is 54.7 Å². The molecule has 106 valence electrons. The monoisotopic (exact) mass is 481 g/mol. The van der Waals surface area contributed by atoms with E-state index in [1.165, 1.54) is 0 Å². The van der Waals surface area contributed by atoms with Crippen molar-refractivity contribution in [2.75, 3.05) is 4.72 Å². The topological polar surface area (TPSA) is 46.2 Å². The number of rotatable bonds is 3. The fraction of sp³-hybridized carbons (Fsp3) is 0.0769. The van der Waals surface area contributed by atoms with Crippen molar-refractivity contribution in [3.8, 4) is 0 Å². The van der Waals surface area contributed by atoms with E-state index in [9.17, 15) is 8.42 Å². The third kappa shape index (κ3) is 3.63. The highest BCUT2D eigenvalue weighted by molar-refractivity contribution is 9.11. The van der Waals surface area contributed by atoms with E-state index in [4.69, 9.17) is 0 Å². The SMILES string of the molecule is Cc1cc(Br)c(NS(=O)(=O)c2ccc(Br)cc2)c(Br)c1. The second kappa shape index (κ2) is 6.17. The first-order valence-corrected chi connectivity index (χ1v) is 9.40. The number of anilines is 1. The maximum absolute atomic E-state index is 12.3. The van der Waals surface area contributed by atoms with Gasteiger partial charge in [0.25, 0.3) is 10.0 Å². The molecule has 0 aliphatic rings. The molecule has 0 aromatic heterocycles. The summed E-state index contributed by atoms with van der Waals surface area (Å²) in [4.78, 5) is 0.208. The zero-order valence-electron chi connectivity index (χ0n) is 10.3. The normalized spacial score (nSPS) is 11.4. The van der Waals surface area contributed by atoms with Gasteiger partial charge in [-0.15, -0.1) is 0 Å². The summed E-state index contributed by atoms with van der Waals surface area (Å²) in [5.41, 5.74) is 1.51. The number of benzene rings is 2. The largest absolute Gasteiger partial charge is 0.277 e. The second-order valence-electron chi connectivity index (χ2n) is 4.16. The molecule has 3 nitrogen and oxygen atoms in total. The Hall–Kier alpha value is -0.370. The van der Waals surface area contributed by atoms with Crippen LogP contribution >= 0.6 is 47.8 Å². The van der Waals surface area contributed by atoms with Crippen LogP contribution in [-0.2, 0) is 10.0 Å². The highest BCUT2D eigenvalue weighted by Crippen LogP contribution is 2.34. The average molecular weight is 484 g/mol. The van der Waals surface area contributed by atoms with E-state index in [-0.39, 0.29) is 4.90 Å². The van der Waals surface area contributed by atoms with Gasteiger partial charge in [0.05, 0.1) is 10.6 Å². The predicted octanol–water partition coefficient (Wildman–Crippen LogP) is 5.08. The summed E-state index contributed by atoms with van der Waals surface area (Å²) in [6, 6.07) is 10.2. The van der Waals surface area contributed by atoms with Crippen molar-refractivity contribution in [2.24, 2.45) is 0 Å². The van der Waals surface area contributed by atoms with Crippen LogP contribution in [0, 0.1) is 6.92 Å². The second-order valence-corrected chi connectivity index (χ2v) is 8.47. The Morgan fingerprint density at radius 2 is 1.45 bits per heavy atom. The summed E-state index contributed by atoms with van der Waals surface area (Å²) >= 11 is 10.0. The first-order valence-electron chi connectivity index (χ1n) is 5.53. The molecule has 0 fully saturated rings. The molecule has 0 atom stereocenters. The molecule has 0 radical (unpaired) electrons. The lowest BCUT2D eigenvalue weighted by Crippen LogP contribution is -2.13. The van der Waals surface area contributed by atoms with Gasteiger partial charge >= 0.3 is 0 Å². The van der Waals surface area contributed by atoms with Gasteiger partial charge in [-0.25, -0.2) is 8.42 Å². The third-order valence-corrected chi connectivity index (χ3v) is 5.69. The van der Waals surface area contributed by atoms with Gasteiger partial charge in [0.15, 0.2) is 0 Å². The van der Waals surface area contributed by atoms with Gasteiger partial charge in [0, 0.05) is 13.4 Å². The van der Waals surface area contributed by atoms with Crippen molar-refractivity contribution in [3.05, 3.63) is 55.4 Å². The van der Waals surface area contributed by atoms with Crippen LogP contribution in [0.4, 0.5) is 5.69 Å². The van der Waals surface area contributed by atoms with E-state index in [0.717, 1.165) is 10.0 Å². The Labute approximate surface area is 143 Å². The molecule has 0 aliphatic carbocycles. The zero-order chi connectivity index (χ0) is 14.9. The molecule has 2 aromatic carbocycles. The predicted molar refractivity (Wildman–Crippen MR) is 91.5 cm³/mol. The van der Waals surface area contributed by atoms with Crippen LogP contribution in [0.5, 0.6) is 0 Å². The quantitative estimate of drug-likeness (QED) is 0.661. The highest BCUT2D eigenvalue weighted by Gasteiger charge is 2.17. The van der Waals surface area contributed by atoms with Crippen LogP contribution in [0.3, 0.4) is 0 Å². The molecular formula is C13H10Br3NO2S. The average Bonchev–Trinajstić information content (AvgIpc) is 2.34. The summed E-state index contributed by atoms with van der Waals surface area (Å²) in [6.45, 7) is 1.93. The lowest BCUT2D eigenvalue weighted by Gasteiger charge is -2.12. The highest BCUT2D eigenvalue weighted by atomic mass is 79.9. The molecule has 7 heteroatoms. The standard InChI is InChI=1S/C13H10Br3NO2S/c1-8-6-11(15)13(12(16)7-8)17-20(18,19)10-4-2-9(14)3-5-10/h2-7,17H,1H3. The summed E-state index contributed by atoms with van der Waals surface area (Å²) in [7, 11) is -3.62. The zero-order valence-corrected chi connectivity index (χ0v) is 15.9. The Bertz CT molecular complexity index is 720. The van der Waals surface area contributed by atoms with E-state index >= 15 is 0 Å². The molecule has 0 saturated carbocycles. The summed E-state index contributed by atoms with van der Waals surface area (Å²) in [5.74, 6) is 0. The van der Waals surface area contributed by atoms with Crippen molar-refractivity contribution < 1.29 is 8.42 Å². The maximum atomic E-state index is 12.3. The number of halogens is 3. The fourth-order valence-corrected chi connectivity index (χ4v) is 4.85. The van der Waals surface area contributed by atoms with E-state index in [0.29, 0.717) is 14.6 Å². The van der Waals surface area contributed by atoms with Crippen LogP contribution in [0.1, 0.15) is 5.56 Å². The van der Waals surface area contributed by atoms with Gasteiger partial charge in [0.1, 0.15) is 0 Å². The summed E-state index contributed by atoms with van der Waals surface area (Å²) in [5, 5.41) is 0.